The monoisotopic (exact) mass is 604 g/mol. The van der Waals surface area contributed by atoms with Gasteiger partial charge >= 0.3 is 21.7 Å². The quantitative estimate of drug-likeness (QED) is 0.217. The van der Waals surface area contributed by atoms with Gasteiger partial charge in [-0.05, 0) is 58.4 Å². The van der Waals surface area contributed by atoms with Crippen molar-refractivity contribution in [3.8, 4) is 11.1 Å². The van der Waals surface area contributed by atoms with Crippen molar-refractivity contribution in [1.29, 1.82) is 0 Å². The van der Waals surface area contributed by atoms with Crippen molar-refractivity contribution in [2.24, 2.45) is 0 Å². The van der Waals surface area contributed by atoms with E-state index >= 15 is 0 Å². The summed E-state index contributed by atoms with van der Waals surface area (Å²) in [6.45, 7) is 46.5. The fourth-order valence-electron chi connectivity index (χ4n) is 5.06. The van der Waals surface area contributed by atoms with Crippen LogP contribution >= 0.6 is 0 Å². The molecule has 5 heteroatoms. The van der Waals surface area contributed by atoms with Crippen LogP contribution in [0.25, 0.3) is 0 Å². The minimum atomic E-state index is -1.13. The van der Waals surface area contributed by atoms with Gasteiger partial charge in [0, 0.05) is 0 Å². The largest absolute Gasteiger partial charge is 2.00 e. The molecule has 0 heterocycles. The molecule has 0 aromatic carbocycles. The average molecular weight is 605 g/mol. The molecule has 0 aliphatic heterocycles. The van der Waals surface area contributed by atoms with Gasteiger partial charge in [0.05, 0.1) is 16.1 Å². The van der Waals surface area contributed by atoms with E-state index in [0.717, 1.165) is 0 Å². The van der Waals surface area contributed by atoms with Crippen molar-refractivity contribution in [3.63, 3.8) is 0 Å². The third-order valence-corrected chi connectivity index (χ3v) is 13.7. The van der Waals surface area contributed by atoms with E-state index in [1.54, 1.807) is 34.8 Å². The van der Waals surface area contributed by atoms with Crippen LogP contribution in [0.1, 0.15) is 55.4 Å². The summed E-state index contributed by atoms with van der Waals surface area (Å²) < 4.78 is 0. The average Bonchev–Trinajstić information content (AvgIpc) is 2.98. The van der Waals surface area contributed by atoms with Gasteiger partial charge in [0.25, 0.3) is 0 Å². The normalized spacial score (nSPS) is 21.6. The Bertz CT molecular complexity index is 638. The molecular weight excluding hydrogens is 545 g/mol. The van der Waals surface area contributed by atoms with Crippen LogP contribution in [0.4, 0.5) is 0 Å². The van der Waals surface area contributed by atoms with Crippen LogP contribution in [0.3, 0.4) is 0 Å². The molecule has 0 unspecified atom stereocenters. The van der Waals surface area contributed by atoms with Gasteiger partial charge in [-0.2, -0.15) is 0 Å². The van der Waals surface area contributed by atoms with Gasteiger partial charge in [-0.15, -0.1) is 11.1 Å². The smallest absolute Gasteiger partial charge is 0.139 e. The molecule has 0 aromatic rings. The standard InChI is InChI=1S/2C12H21Si.C8H18Si2.Ti/c2*1-8-9(2)11(4)12(10(8)3)13(5,6)7;1-9(2,3)7-8-10(4,5)6;/h2*1-7H3;1-6H3;/q;;;+2. The fourth-order valence-corrected chi connectivity index (χ4v) is 13.3. The van der Waals surface area contributed by atoms with Crippen LogP contribution in [-0.4, -0.2) is 32.3 Å². The molecule has 0 N–H and O–H groups in total. The Kier molecular flexibility index (Phi) is 16.2. The third kappa shape index (κ3) is 12.7. The summed E-state index contributed by atoms with van der Waals surface area (Å²) in [6.07, 6.45) is 0. The summed E-state index contributed by atoms with van der Waals surface area (Å²) in [6, 6.07) is 0. The van der Waals surface area contributed by atoms with Gasteiger partial charge in [0.15, 0.2) is 0 Å². The predicted molar refractivity (Wildman–Crippen MR) is 179 cm³/mol. The fraction of sp³-hybridized carbons (Fsp3) is 0.625. The second-order valence-electron chi connectivity index (χ2n) is 15.0. The Morgan fingerprint density at radius 2 is 0.486 bits per heavy atom. The first-order valence-corrected chi connectivity index (χ1v) is 27.8. The molecule has 0 nitrogen and oxygen atoms in total. The van der Waals surface area contributed by atoms with E-state index in [1.807, 2.05) is 0 Å². The van der Waals surface area contributed by atoms with Crippen LogP contribution in [0.15, 0.2) is 0 Å². The van der Waals surface area contributed by atoms with Gasteiger partial charge in [-0.25, -0.2) is 0 Å². The van der Waals surface area contributed by atoms with Crippen LogP contribution in [0, 0.1) is 69.5 Å². The Labute approximate surface area is 256 Å². The van der Waals surface area contributed by atoms with Gasteiger partial charge < -0.3 is 0 Å². The van der Waals surface area contributed by atoms with Gasteiger partial charge in [-0.1, -0.05) is 134 Å². The molecule has 2 rings (SSSR count). The summed E-state index contributed by atoms with van der Waals surface area (Å²) in [4.78, 5) is 0. The van der Waals surface area contributed by atoms with E-state index in [0.29, 0.717) is 0 Å². The van der Waals surface area contributed by atoms with Crippen molar-refractivity contribution in [2.75, 3.05) is 0 Å². The molecule has 2 aliphatic rings. The maximum Gasteiger partial charge on any atom is 2.00 e. The van der Waals surface area contributed by atoms with E-state index in [2.05, 4.69) is 145 Å². The van der Waals surface area contributed by atoms with Gasteiger partial charge in [0.1, 0.15) is 16.1 Å². The zero-order valence-electron chi connectivity index (χ0n) is 28.5. The van der Waals surface area contributed by atoms with Crippen molar-refractivity contribution in [3.05, 3.63) is 58.4 Å². The van der Waals surface area contributed by atoms with Crippen LogP contribution in [0.5, 0.6) is 0 Å². The zero-order valence-corrected chi connectivity index (χ0v) is 34.1. The predicted octanol–water partition coefficient (Wildman–Crippen LogP) is 10.4. The van der Waals surface area contributed by atoms with Crippen molar-refractivity contribution < 1.29 is 21.7 Å². The minimum absolute atomic E-state index is 0. The maximum absolute atomic E-state index is 3.41. The summed E-state index contributed by atoms with van der Waals surface area (Å²) in [5.41, 5.74) is 10.2. The number of hydrogen-bond donors (Lipinski definition) is 0. The molecule has 0 saturated heterocycles. The van der Waals surface area contributed by atoms with E-state index in [9.17, 15) is 0 Å². The van der Waals surface area contributed by atoms with Crippen LogP contribution < -0.4 is 0 Å². The Hall–Kier alpha value is 1.14. The summed E-state index contributed by atoms with van der Waals surface area (Å²) >= 11 is 0. The zero-order chi connectivity index (χ0) is 29.2. The van der Waals surface area contributed by atoms with Crippen LogP contribution in [0.2, 0.25) is 78.6 Å². The van der Waals surface area contributed by atoms with Gasteiger partial charge in [0.2, 0.25) is 0 Å². The topological polar surface area (TPSA) is 0 Å². The molecular formula is C32H60Si4Ti+2. The Morgan fingerprint density at radius 3 is 0.568 bits per heavy atom. The molecule has 0 bridgehead atoms. The first-order chi connectivity index (χ1) is 15.7. The molecule has 10 radical (unpaired) electrons. The molecule has 2 fully saturated rings. The first kappa shape index (κ1) is 40.3. The molecule has 0 amide bonds. The summed E-state index contributed by atoms with van der Waals surface area (Å²) in [5, 5.41) is 0. The molecule has 2 saturated carbocycles. The van der Waals surface area contributed by atoms with E-state index < -0.39 is 32.3 Å². The number of hydrogen-bond acceptors (Lipinski definition) is 0. The summed E-state index contributed by atoms with van der Waals surface area (Å²) in [5.74, 6) is 12.2. The van der Waals surface area contributed by atoms with Crippen molar-refractivity contribution >= 4 is 32.3 Å². The van der Waals surface area contributed by atoms with Crippen molar-refractivity contribution in [1.82, 2.24) is 0 Å². The van der Waals surface area contributed by atoms with E-state index in [-0.39, 0.29) is 21.7 Å². The minimum Gasteiger partial charge on any atom is -0.139 e. The molecule has 0 atom stereocenters. The van der Waals surface area contributed by atoms with E-state index in [4.69, 9.17) is 0 Å². The SMILES string of the molecule is C[C]1[C](C)[C](C)[C]([Si](C)(C)C)[C]1C.C[C]1[C](C)[C](C)[C]([Si](C)(C)C)[C]1C.C[Si](C)(C)C#C[Si](C)(C)C.[Ti+2]. The molecule has 2 aliphatic carbocycles. The first-order valence-electron chi connectivity index (χ1n) is 13.8. The van der Waals surface area contributed by atoms with Gasteiger partial charge in [-0.3, -0.25) is 0 Å². The van der Waals surface area contributed by atoms with E-state index in [1.165, 1.54) is 23.7 Å². The second-order valence-corrected chi connectivity index (χ2v) is 34.5. The number of rotatable bonds is 2. The molecule has 0 aromatic heterocycles. The summed E-state index contributed by atoms with van der Waals surface area (Å²) in [7, 11) is -4.45. The van der Waals surface area contributed by atoms with Crippen molar-refractivity contribution in [2.45, 2.75) is 134 Å². The third-order valence-electron chi connectivity index (χ3n) is 7.19. The second kappa shape index (κ2) is 14.9. The Balaban J connectivity index is 0. The maximum atomic E-state index is 3.41. The Morgan fingerprint density at radius 1 is 0.324 bits per heavy atom. The molecule has 37 heavy (non-hydrogen) atoms. The molecule has 0 spiro atoms. The van der Waals surface area contributed by atoms with Crippen LogP contribution in [-0.2, 0) is 21.7 Å². The molecule has 206 valence electrons.